The van der Waals surface area contributed by atoms with E-state index in [1.165, 1.54) is 36.4 Å². The summed E-state index contributed by atoms with van der Waals surface area (Å²) in [6.07, 6.45) is 1.42. The third kappa shape index (κ3) is 4.61. The third-order valence-electron chi connectivity index (χ3n) is 3.85. The second kappa shape index (κ2) is 8.15. The highest BCUT2D eigenvalue weighted by atomic mass is 32.2. The van der Waals surface area contributed by atoms with Gasteiger partial charge in [0.15, 0.2) is 0 Å². The molecule has 1 saturated heterocycles. The number of amides is 3. The Labute approximate surface area is 167 Å². The van der Waals surface area contributed by atoms with Crippen molar-refractivity contribution in [3.63, 3.8) is 0 Å². The van der Waals surface area contributed by atoms with E-state index in [2.05, 4.69) is 5.32 Å². The molecule has 2 aromatic carbocycles. The first-order valence-electron chi connectivity index (χ1n) is 8.11. The van der Waals surface area contributed by atoms with Crippen LogP contribution in [-0.4, -0.2) is 44.7 Å². The quantitative estimate of drug-likeness (QED) is 0.640. The molecule has 2 aromatic rings. The lowest BCUT2D eigenvalue weighted by atomic mass is 10.2. The number of carboxylic acids is 1. The zero-order valence-electron chi connectivity index (χ0n) is 14.6. The van der Waals surface area contributed by atoms with Crippen LogP contribution in [0.3, 0.4) is 0 Å². The Bertz CT molecular complexity index is 1050. The van der Waals surface area contributed by atoms with Gasteiger partial charge < -0.3 is 15.5 Å². The summed E-state index contributed by atoms with van der Waals surface area (Å²) in [4.78, 5) is 48.4. The highest BCUT2D eigenvalue weighted by Crippen LogP contribution is 2.32. The van der Waals surface area contributed by atoms with E-state index >= 15 is 0 Å². The fraction of sp³-hybridized carbons (Fsp3) is 0.0526. The third-order valence-corrected chi connectivity index (χ3v) is 4.76. The van der Waals surface area contributed by atoms with Crippen LogP contribution < -0.4 is 5.32 Å². The molecule has 3 rings (SSSR count). The van der Waals surface area contributed by atoms with Gasteiger partial charge in [0.25, 0.3) is 11.1 Å². The van der Waals surface area contributed by atoms with Crippen molar-refractivity contribution in [3.05, 3.63) is 64.3 Å². The van der Waals surface area contributed by atoms with Crippen LogP contribution in [0.2, 0.25) is 0 Å². The largest absolute Gasteiger partial charge is 0.507 e. The molecule has 148 valence electrons. The summed E-state index contributed by atoms with van der Waals surface area (Å²) in [7, 11) is 0. The Morgan fingerprint density at radius 1 is 1.14 bits per heavy atom. The first-order valence-corrected chi connectivity index (χ1v) is 8.93. The first-order chi connectivity index (χ1) is 13.7. The molecule has 3 amide bonds. The lowest BCUT2D eigenvalue weighted by Gasteiger charge is -2.13. The molecule has 8 nitrogen and oxygen atoms in total. The van der Waals surface area contributed by atoms with Gasteiger partial charge in [-0.25, -0.2) is 9.18 Å². The molecule has 0 saturated carbocycles. The van der Waals surface area contributed by atoms with Crippen molar-refractivity contribution in [2.75, 3.05) is 11.9 Å². The Hall–Kier alpha value is -3.66. The number of phenols is 1. The normalized spacial score (nSPS) is 15.1. The number of carbonyl (C=O) groups is 4. The standard InChI is InChI=1S/C19H13FN2O6S/c20-11-3-1-10(2-4-11)7-15-17(25)22(19(28)29-15)9-16(24)21-12-5-6-13(18(26)27)14(23)8-12/h1-8,23H,9H2,(H,21,24)(H,26,27). The van der Waals surface area contributed by atoms with Crippen molar-refractivity contribution in [2.24, 2.45) is 0 Å². The van der Waals surface area contributed by atoms with E-state index in [9.17, 15) is 28.7 Å². The molecule has 1 aliphatic heterocycles. The van der Waals surface area contributed by atoms with E-state index in [-0.39, 0.29) is 16.2 Å². The topological polar surface area (TPSA) is 124 Å². The molecule has 29 heavy (non-hydrogen) atoms. The molecule has 10 heteroatoms. The van der Waals surface area contributed by atoms with Gasteiger partial charge in [-0.05, 0) is 47.7 Å². The van der Waals surface area contributed by atoms with Gasteiger partial charge in [-0.1, -0.05) is 12.1 Å². The van der Waals surface area contributed by atoms with E-state index in [1.54, 1.807) is 0 Å². The van der Waals surface area contributed by atoms with Crippen LogP contribution in [0.5, 0.6) is 5.75 Å². The number of rotatable bonds is 5. The number of hydrogen-bond acceptors (Lipinski definition) is 6. The van der Waals surface area contributed by atoms with Gasteiger partial charge in [0.05, 0.1) is 4.91 Å². The van der Waals surface area contributed by atoms with Crippen molar-refractivity contribution in [1.82, 2.24) is 4.90 Å². The van der Waals surface area contributed by atoms with E-state index in [1.807, 2.05) is 0 Å². The number of nitrogens with one attached hydrogen (secondary N) is 1. The lowest BCUT2D eigenvalue weighted by Crippen LogP contribution is -2.36. The summed E-state index contributed by atoms with van der Waals surface area (Å²) in [5, 5.41) is 20.3. The van der Waals surface area contributed by atoms with Crippen LogP contribution in [0, 0.1) is 5.82 Å². The molecule has 1 heterocycles. The Morgan fingerprint density at radius 3 is 2.45 bits per heavy atom. The van der Waals surface area contributed by atoms with Gasteiger partial charge in [-0.3, -0.25) is 19.3 Å². The predicted molar refractivity (Wildman–Crippen MR) is 103 cm³/mol. The number of anilines is 1. The molecule has 0 radical (unpaired) electrons. The Balaban J connectivity index is 1.68. The maximum absolute atomic E-state index is 13.0. The minimum Gasteiger partial charge on any atom is -0.507 e. The van der Waals surface area contributed by atoms with Crippen molar-refractivity contribution >= 4 is 46.5 Å². The van der Waals surface area contributed by atoms with E-state index in [0.29, 0.717) is 17.3 Å². The fourth-order valence-electron chi connectivity index (χ4n) is 2.48. The smallest absolute Gasteiger partial charge is 0.339 e. The van der Waals surface area contributed by atoms with Crippen LogP contribution in [0.25, 0.3) is 6.08 Å². The molecule has 0 aromatic heterocycles. The second-order valence-corrected chi connectivity index (χ2v) is 6.90. The summed E-state index contributed by atoms with van der Waals surface area (Å²) in [6.45, 7) is -0.563. The molecule has 0 bridgehead atoms. The van der Waals surface area contributed by atoms with Gasteiger partial charge in [-0.2, -0.15) is 0 Å². The summed E-state index contributed by atoms with van der Waals surface area (Å²) in [5.74, 6) is -3.68. The molecule has 1 aliphatic rings. The number of imide groups is 1. The van der Waals surface area contributed by atoms with Gasteiger partial charge >= 0.3 is 5.97 Å². The zero-order chi connectivity index (χ0) is 21.1. The lowest BCUT2D eigenvalue weighted by molar-refractivity contribution is -0.127. The zero-order valence-corrected chi connectivity index (χ0v) is 15.4. The van der Waals surface area contributed by atoms with Gasteiger partial charge in [0.2, 0.25) is 5.91 Å². The molecule has 0 aliphatic carbocycles. The molecular formula is C19H13FN2O6S. The minimum absolute atomic E-state index is 0.0952. The number of thioether (sulfide) groups is 1. The summed E-state index contributed by atoms with van der Waals surface area (Å²) >= 11 is 0.656. The second-order valence-electron chi connectivity index (χ2n) is 5.90. The Morgan fingerprint density at radius 2 is 1.83 bits per heavy atom. The molecule has 0 unspecified atom stereocenters. The number of carbonyl (C=O) groups excluding carboxylic acids is 3. The summed E-state index contributed by atoms with van der Waals surface area (Å²) in [6, 6.07) is 8.75. The minimum atomic E-state index is -1.33. The molecular weight excluding hydrogens is 403 g/mol. The summed E-state index contributed by atoms with van der Waals surface area (Å²) in [5.41, 5.74) is 0.293. The number of nitrogens with zero attached hydrogens (tertiary/aromatic N) is 1. The number of aromatic carboxylic acids is 1. The van der Waals surface area contributed by atoms with E-state index < -0.39 is 41.1 Å². The van der Waals surface area contributed by atoms with Crippen LogP contribution in [-0.2, 0) is 9.59 Å². The highest BCUT2D eigenvalue weighted by molar-refractivity contribution is 8.18. The SMILES string of the molecule is O=C(CN1C(=O)SC(=Cc2ccc(F)cc2)C1=O)Nc1ccc(C(=O)O)c(O)c1. The average Bonchev–Trinajstić information content (AvgIpc) is 2.90. The predicted octanol–water partition coefficient (Wildman–Crippen LogP) is 2.90. The van der Waals surface area contributed by atoms with Crippen molar-refractivity contribution in [2.45, 2.75) is 0 Å². The number of carboxylic acid groups (broad SMARTS) is 1. The van der Waals surface area contributed by atoms with E-state index in [0.717, 1.165) is 17.0 Å². The van der Waals surface area contributed by atoms with Gasteiger partial charge in [-0.15, -0.1) is 0 Å². The maximum atomic E-state index is 13.0. The van der Waals surface area contributed by atoms with Crippen LogP contribution >= 0.6 is 11.8 Å². The van der Waals surface area contributed by atoms with Gasteiger partial charge in [0.1, 0.15) is 23.7 Å². The van der Waals surface area contributed by atoms with Gasteiger partial charge in [0, 0.05) is 11.8 Å². The number of benzene rings is 2. The van der Waals surface area contributed by atoms with Crippen LogP contribution in [0.15, 0.2) is 47.4 Å². The molecule has 0 atom stereocenters. The average molecular weight is 416 g/mol. The van der Waals surface area contributed by atoms with Crippen molar-refractivity contribution < 1.29 is 33.8 Å². The summed E-state index contributed by atoms with van der Waals surface area (Å²) < 4.78 is 13.0. The molecule has 0 spiro atoms. The van der Waals surface area contributed by atoms with Crippen molar-refractivity contribution in [1.29, 1.82) is 0 Å². The monoisotopic (exact) mass is 416 g/mol. The van der Waals surface area contributed by atoms with Crippen LogP contribution in [0.1, 0.15) is 15.9 Å². The first kappa shape index (κ1) is 20.1. The fourth-order valence-corrected chi connectivity index (χ4v) is 3.32. The van der Waals surface area contributed by atoms with E-state index in [4.69, 9.17) is 5.11 Å². The molecule has 1 fully saturated rings. The highest BCUT2D eigenvalue weighted by Gasteiger charge is 2.36. The number of hydrogen-bond donors (Lipinski definition) is 3. The van der Waals surface area contributed by atoms with Crippen molar-refractivity contribution in [3.8, 4) is 5.75 Å². The number of aromatic hydroxyl groups is 1. The Kier molecular flexibility index (Phi) is 5.64. The number of halogens is 1. The molecule has 3 N–H and O–H groups in total. The maximum Gasteiger partial charge on any atom is 0.339 e. The van der Waals surface area contributed by atoms with Crippen LogP contribution in [0.4, 0.5) is 14.9 Å².